The molecule has 0 spiro atoms. The summed E-state index contributed by atoms with van der Waals surface area (Å²) in [6.07, 6.45) is 0.611. The number of phenolic OH excluding ortho intramolecular Hbond substituents is 1. The Balaban J connectivity index is 1.99. The van der Waals surface area contributed by atoms with E-state index in [1.165, 1.54) is 0 Å². The molecule has 1 aliphatic rings. The van der Waals surface area contributed by atoms with Gasteiger partial charge in [0.2, 0.25) is 5.91 Å². The molecule has 25 heavy (non-hydrogen) atoms. The fourth-order valence-corrected chi connectivity index (χ4v) is 3.53. The van der Waals surface area contributed by atoms with E-state index in [1.54, 1.807) is 36.0 Å². The molecule has 2 aromatic rings. The van der Waals surface area contributed by atoms with Gasteiger partial charge in [0.05, 0.1) is 12.1 Å². The van der Waals surface area contributed by atoms with Gasteiger partial charge in [0.15, 0.2) is 0 Å². The first-order valence-corrected chi connectivity index (χ1v) is 8.62. The van der Waals surface area contributed by atoms with E-state index in [4.69, 9.17) is 11.6 Å². The summed E-state index contributed by atoms with van der Waals surface area (Å²) in [4.78, 5) is 14.6. The van der Waals surface area contributed by atoms with Crippen molar-refractivity contribution >= 4 is 24.6 Å². The quantitative estimate of drug-likeness (QED) is 0.718. The third-order valence-electron chi connectivity index (χ3n) is 4.34. The highest BCUT2D eigenvalue weighted by Crippen LogP contribution is 2.34. The van der Waals surface area contributed by atoms with Crippen molar-refractivity contribution < 1.29 is 14.9 Å². The van der Waals surface area contributed by atoms with E-state index < -0.39 is 13.1 Å². The number of likely N-dealkylation sites (tertiary alicyclic amines) is 1. The van der Waals surface area contributed by atoms with Crippen LogP contribution in [0.2, 0.25) is 11.8 Å². The minimum atomic E-state index is -0.751. The Morgan fingerprint density at radius 2 is 1.92 bits per heavy atom. The van der Waals surface area contributed by atoms with Gasteiger partial charge in [-0.1, -0.05) is 35.9 Å². The molecule has 2 aromatic carbocycles. The monoisotopic (exact) mass is 358 g/mol. The molecule has 5 nitrogen and oxygen atoms in total. The van der Waals surface area contributed by atoms with Crippen LogP contribution in [0.5, 0.6) is 5.75 Å². The van der Waals surface area contributed by atoms with Crippen molar-refractivity contribution in [2.75, 3.05) is 6.54 Å². The Morgan fingerprint density at radius 3 is 2.56 bits per heavy atom. The normalized spacial score (nSPS) is 18.4. The van der Waals surface area contributed by atoms with Crippen molar-refractivity contribution in [1.29, 1.82) is 0 Å². The summed E-state index contributed by atoms with van der Waals surface area (Å²) >= 11 is 6.15. The minimum Gasteiger partial charge on any atom is -0.508 e. The summed E-state index contributed by atoms with van der Waals surface area (Å²) in [7, 11) is -0.751. The number of nitrogens with one attached hydrogen (secondary N) is 1. The van der Waals surface area contributed by atoms with Gasteiger partial charge in [-0.25, -0.2) is 0 Å². The van der Waals surface area contributed by atoms with E-state index in [0.29, 0.717) is 18.0 Å². The minimum absolute atomic E-state index is 0.0748. The van der Waals surface area contributed by atoms with E-state index in [-0.39, 0.29) is 17.7 Å². The highest BCUT2D eigenvalue weighted by Gasteiger charge is 2.38. The zero-order valence-corrected chi connectivity index (χ0v) is 14.6. The SMILES string of the molecule is CB(O)N[C@@H]1CCN(C(c2cccc(O)c2)c2cccc(Cl)c2)C1=O. The van der Waals surface area contributed by atoms with Gasteiger partial charge in [-0.05, 0) is 48.6 Å². The van der Waals surface area contributed by atoms with Crippen LogP contribution in [0.25, 0.3) is 0 Å². The van der Waals surface area contributed by atoms with E-state index in [1.807, 2.05) is 24.3 Å². The lowest BCUT2D eigenvalue weighted by Crippen LogP contribution is -2.45. The first-order chi connectivity index (χ1) is 12.0. The molecule has 1 unspecified atom stereocenters. The zero-order valence-electron chi connectivity index (χ0n) is 13.9. The lowest BCUT2D eigenvalue weighted by atomic mass is 9.87. The number of benzene rings is 2. The molecular weight excluding hydrogens is 338 g/mol. The van der Waals surface area contributed by atoms with Gasteiger partial charge >= 0.3 is 7.05 Å². The van der Waals surface area contributed by atoms with Crippen molar-refractivity contribution in [2.45, 2.75) is 25.3 Å². The number of hydrogen-bond donors (Lipinski definition) is 3. The molecule has 1 heterocycles. The standard InChI is InChI=1S/C18H20BClN2O3/c1-19(25)21-16-8-9-22(18(16)24)17(12-4-2-6-14(20)10-12)13-5-3-7-15(23)11-13/h2-7,10-11,16-17,21,23,25H,8-9H2,1H3/t16-,17?/m1/s1. The van der Waals surface area contributed by atoms with Crippen LogP contribution in [-0.4, -0.2) is 40.6 Å². The number of carbonyl (C=O) groups excluding carboxylic acids is 1. The highest BCUT2D eigenvalue weighted by molar-refractivity contribution is 6.46. The van der Waals surface area contributed by atoms with Crippen molar-refractivity contribution in [1.82, 2.24) is 10.1 Å². The van der Waals surface area contributed by atoms with Crippen molar-refractivity contribution in [3.63, 3.8) is 0 Å². The van der Waals surface area contributed by atoms with Gasteiger partial charge in [-0.2, -0.15) is 0 Å². The Kier molecular flexibility index (Phi) is 5.32. The van der Waals surface area contributed by atoms with Crippen LogP contribution in [0.15, 0.2) is 48.5 Å². The van der Waals surface area contributed by atoms with E-state index >= 15 is 0 Å². The predicted molar refractivity (Wildman–Crippen MR) is 98.5 cm³/mol. The molecule has 0 saturated carbocycles. The van der Waals surface area contributed by atoms with Gasteiger partial charge in [0, 0.05) is 11.6 Å². The third kappa shape index (κ3) is 3.98. The number of rotatable bonds is 5. The van der Waals surface area contributed by atoms with Gasteiger partial charge in [0.25, 0.3) is 0 Å². The summed E-state index contributed by atoms with van der Waals surface area (Å²) in [5.74, 6) is 0.0732. The Hall–Kier alpha value is -2.02. The van der Waals surface area contributed by atoms with Crippen LogP contribution in [0.3, 0.4) is 0 Å². The van der Waals surface area contributed by atoms with E-state index in [2.05, 4.69) is 5.23 Å². The van der Waals surface area contributed by atoms with Crippen LogP contribution in [0, 0.1) is 0 Å². The van der Waals surface area contributed by atoms with Crippen LogP contribution in [0.1, 0.15) is 23.6 Å². The molecule has 130 valence electrons. The second-order valence-corrected chi connectivity index (χ2v) is 6.70. The second kappa shape index (κ2) is 7.48. The van der Waals surface area contributed by atoms with Crippen LogP contribution in [-0.2, 0) is 4.79 Å². The van der Waals surface area contributed by atoms with Gasteiger partial charge in [0.1, 0.15) is 5.75 Å². The lowest BCUT2D eigenvalue weighted by molar-refractivity contribution is -0.130. The van der Waals surface area contributed by atoms with Crippen LogP contribution >= 0.6 is 11.6 Å². The molecule has 0 radical (unpaired) electrons. The molecule has 1 saturated heterocycles. The number of amides is 1. The molecule has 1 amide bonds. The average molecular weight is 359 g/mol. The lowest BCUT2D eigenvalue weighted by Gasteiger charge is -2.29. The molecule has 7 heteroatoms. The Bertz CT molecular complexity index is 726. The topological polar surface area (TPSA) is 72.8 Å². The third-order valence-corrected chi connectivity index (χ3v) is 4.58. The summed E-state index contributed by atoms with van der Waals surface area (Å²) in [6, 6.07) is 13.5. The number of phenols is 1. The number of hydrogen-bond acceptors (Lipinski definition) is 4. The van der Waals surface area contributed by atoms with E-state index in [0.717, 1.165) is 11.1 Å². The van der Waals surface area contributed by atoms with Gasteiger partial charge in [-0.15, -0.1) is 0 Å². The highest BCUT2D eigenvalue weighted by atomic mass is 35.5. The second-order valence-electron chi connectivity index (χ2n) is 6.27. The fourth-order valence-electron chi connectivity index (χ4n) is 3.33. The van der Waals surface area contributed by atoms with E-state index in [9.17, 15) is 14.9 Å². The molecule has 1 fully saturated rings. The number of nitrogens with zero attached hydrogens (tertiary/aromatic N) is 1. The fraction of sp³-hybridized carbons (Fsp3) is 0.278. The number of carbonyl (C=O) groups is 1. The largest absolute Gasteiger partial charge is 0.508 e. The summed E-state index contributed by atoms with van der Waals surface area (Å²) in [6.45, 7) is 2.15. The van der Waals surface area contributed by atoms with Crippen molar-refractivity contribution in [3.05, 3.63) is 64.7 Å². The maximum absolute atomic E-state index is 12.9. The van der Waals surface area contributed by atoms with Crippen molar-refractivity contribution in [2.24, 2.45) is 0 Å². The maximum atomic E-state index is 12.9. The Morgan fingerprint density at radius 1 is 1.24 bits per heavy atom. The maximum Gasteiger partial charge on any atom is 0.374 e. The number of halogens is 1. The average Bonchev–Trinajstić information content (AvgIpc) is 2.89. The molecular formula is C18H20BClN2O3. The molecule has 0 aromatic heterocycles. The zero-order chi connectivity index (χ0) is 18.0. The number of aromatic hydroxyl groups is 1. The Labute approximate surface area is 152 Å². The first kappa shape index (κ1) is 17.8. The molecule has 1 aliphatic heterocycles. The molecule has 0 bridgehead atoms. The predicted octanol–water partition coefficient (Wildman–Crippen LogP) is 2.44. The van der Waals surface area contributed by atoms with Gasteiger partial charge in [-0.3, -0.25) is 4.79 Å². The summed E-state index contributed by atoms with van der Waals surface area (Å²) in [5, 5.41) is 22.9. The molecule has 3 N–H and O–H groups in total. The van der Waals surface area contributed by atoms with Crippen molar-refractivity contribution in [3.8, 4) is 5.75 Å². The molecule has 3 rings (SSSR count). The van der Waals surface area contributed by atoms with Crippen LogP contribution < -0.4 is 5.23 Å². The summed E-state index contributed by atoms with van der Waals surface area (Å²) < 4.78 is 0. The smallest absolute Gasteiger partial charge is 0.374 e. The summed E-state index contributed by atoms with van der Waals surface area (Å²) in [5.41, 5.74) is 1.69. The first-order valence-electron chi connectivity index (χ1n) is 8.24. The molecule has 0 aliphatic carbocycles. The van der Waals surface area contributed by atoms with Crippen LogP contribution in [0.4, 0.5) is 0 Å². The van der Waals surface area contributed by atoms with Gasteiger partial charge < -0.3 is 20.3 Å². The molecule has 2 atom stereocenters.